The van der Waals surface area contributed by atoms with Crippen molar-refractivity contribution >= 4 is 0 Å². The van der Waals surface area contributed by atoms with Gasteiger partial charge in [0.25, 0.3) is 0 Å². The van der Waals surface area contributed by atoms with Crippen molar-refractivity contribution in [1.29, 1.82) is 0 Å². The second-order valence-electron chi connectivity index (χ2n) is 1.55. The number of hydrogen-bond donors (Lipinski definition) is 0. The molecule has 0 aromatic carbocycles. The summed E-state index contributed by atoms with van der Waals surface area (Å²) in [5.74, 6) is -0.407. The molecule has 0 aliphatic carbocycles. The van der Waals surface area contributed by atoms with E-state index >= 15 is 0 Å². The van der Waals surface area contributed by atoms with Gasteiger partial charge in [-0.1, -0.05) is 12.6 Å². The predicted molar refractivity (Wildman–Crippen MR) is 27.8 cm³/mol. The summed E-state index contributed by atoms with van der Waals surface area (Å²) in [6.45, 7) is 1.79. The van der Waals surface area contributed by atoms with Gasteiger partial charge in [-0.15, -0.1) is 12.1 Å². The summed E-state index contributed by atoms with van der Waals surface area (Å²) in [4.78, 5) is 3.58. The van der Waals surface area contributed by atoms with E-state index in [2.05, 4.69) is 11.2 Å². The third kappa shape index (κ3) is 2.69. The molecule has 0 amide bonds. The van der Waals surface area contributed by atoms with E-state index in [0.717, 1.165) is 5.69 Å². The number of rotatable bonds is 0. The Morgan fingerprint density at radius 1 is 1.56 bits per heavy atom. The molecule has 0 saturated heterocycles. The maximum absolute atomic E-state index is 12.0. The van der Waals surface area contributed by atoms with Crippen LogP contribution < -0.4 is 0 Å². The van der Waals surface area contributed by atoms with E-state index in [-0.39, 0.29) is 20.4 Å². The Balaban J connectivity index is 0.000000640. The molecule has 0 atom stereocenters. The minimum absolute atomic E-state index is 0. The van der Waals surface area contributed by atoms with Crippen molar-refractivity contribution in [3.8, 4) is 0 Å². The van der Waals surface area contributed by atoms with Gasteiger partial charge in [-0.25, -0.2) is 4.39 Å². The van der Waals surface area contributed by atoms with Crippen molar-refractivity contribution in [1.82, 2.24) is 4.98 Å². The minimum Gasteiger partial charge on any atom is -0.388 e. The summed E-state index contributed by atoms with van der Waals surface area (Å²) in [6, 6.07) is 2.94. The van der Waals surface area contributed by atoms with Gasteiger partial charge in [0.1, 0.15) is 0 Å². The average Bonchev–Trinajstić information content (AvgIpc) is 1.77. The van der Waals surface area contributed by atoms with Gasteiger partial charge in [-0.05, 0) is 6.20 Å². The van der Waals surface area contributed by atoms with Crippen LogP contribution in [0.1, 0.15) is 5.69 Å². The summed E-state index contributed by atoms with van der Waals surface area (Å²) in [7, 11) is 0. The van der Waals surface area contributed by atoms with Crippen LogP contribution in [0.4, 0.5) is 4.39 Å². The second kappa shape index (κ2) is 3.71. The van der Waals surface area contributed by atoms with Gasteiger partial charge in [0.15, 0.2) is 0 Å². The fourth-order valence-corrected chi connectivity index (χ4v) is 0.410. The molecule has 1 nitrogen and oxygen atoms in total. The summed E-state index contributed by atoms with van der Waals surface area (Å²) in [5.41, 5.74) is 0.784. The molecule has 0 saturated carbocycles. The molecule has 1 heterocycles. The third-order valence-electron chi connectivity index (χ3n) is 0.810. The zero-order valence-corrected chi connectivity index (χ0v) is 7.57. The number of aryl methyl sites for hydroxylation is 1. The predicted octanol–water partition coefficient (Wildman–Crippen LogP) is 1.33. The molecule has 3 heteroatoms. The van der Waals surface area contributed by atoms with Crippen LogP contribution in [0.2, 0.25) is 0 Å². The van der Waals surface area contributed by atoms with Gasteiger partial charge >= 0.3 is 0 Å². The summed E-state index contributed by atoms with van der Waals surface area (Å²) >= 11 is 0. The van der Waals surface area contributed by atoms with E-state index in [9.17, 15) is 4.39 Å². The molecule has 1 radical (unpaired) electrons. The van der Waals surface area contributed by atoms with E-state index in [1.54, 1.807) is 13.0 Å². The van der Waals surface area contributed by atoms with Gasteiger partial charge in [0, 0.05) is 26.2 Å². The number of hydrogen-bond acceptors (Lipinski definition) is 1. The molecule has 0 spiro atoms. The topological polar surface area (TPSA) is 12.9 Å². The van der Waals surface area contributed by atoms with Gasteiger partial charge in [-0.3, -0.25) is 0 Å². The van der Waals surface area contributed by atoms with E-state index in [4.69, 9.17) is 0 Å². The molecule has 49 valence electrons. The first-order chi connectivity index (χ1) is 3.79. The molecule has 0 bridgehead atoms. The van der Waals surface area contributed by atoms with Crippen LogP contribution in [0.25, 0.3) is 0 Å². The van der Waals surface area contributed by atoms with Crippen molar-refractivity contribution in [2.24, 2.45) is 0 Å². The molecule has 0 aliphatic rings. The number of pyridine rings is 1. The van der Waals surface area contributed by atoms with Crippen molar-refractivity contribution in [2.75, 3.05) is 0 Å². The maximum Gasteiger partial charge on any atom is 0.0297 e. The van der Waals surface area contributed by atoms with E-state index in [1.165, 1.54) is 6.07 Å². The van der Waals surface area contributed by atoms with Crippen LogP contribution in [0.15, 0.2) is 12.1 Å². The fourth-order valence-electron chi connectivity index (χ4n) is 0.410. The molecular weight excluding hydrogens is 291 g/mol. The smallest absolute Gasteiger partial charge is 0.0297 e. The molecule has 0 unspecified atom stereocenters. The van der Waals surface area contributed by atoms with Gasteiger partial charge < -0.3 is 4.98 Å². The minimum atomic E-state index is -0.407. The third-order valence-corrected chi connectivity index (χ3v) is 0.810. The monoisotopic (exact) mass is 297 g/mol. The molecular formula is C6H5FNRe-. The zero-order valence-electron chi connectivity index (χ0n) is 4.86. The number of aromatic nitrogens is 1. The fraction of sp³-hybridized carbons (Fsp3) is 0.167. The Morgan fingerprint density at radius 2 is 2.22 bits per heavy atom. The maximum atomic E-state index is 12.0. The van der Waals surface area contributed by atoms with Crippen LogP contribution in [0.5, 0.6) is 0 Å². The van der Waals surface area contributed by atoms with Crippen LogP contribution >= 0.6 is 0 Å². The normalized spacial score (nSPS) is 8.22. The summed E-state index contributed by atoms with van der Waals surface area (Å²) in [6.07, 6.45) is 2.18. The Morgan fingerprint density at radius 3 is 2.56 bits per heavy atom. The second-order valence-corrected chi connectivity index (χ2v) is 1.55. The van der Waals surface area contributed by atoms with Gasteiger partial charge in [0.2, 0.25) is 0 Å². The molecule has 0 N–H and O–H groups in total. The van der Waals surface area contributed by atoms with E-state index in [0.29, 0.717) is 0 Å². The Bertz CT molecular complexity index is 152. The molecule has 1 rings (SSSR count). The van der Waals surface area contributed by atoms with Crippen molar-refractivity contribution in [2.45, 2.75) is 6.92 Å². The van der Waals surface area contributed by atoms with Crippen molar-refractivity contribution < 1.29 is 24.8 Å². The van der Waals surface area contributed by atoms with Crippen LogP contribution in [0, 0.1) is 18.9 Å². The van der Waals surface area contributed by atoms with Crippen LogP contribution in [-0.4, -0.2) is 4.98 Å². The van der Waals surface area contributed by atoms with E-state index < -0.39 is 5.82 Å². The number of nitrogens with zero attached hydrogens (tertiary/aromatic N) is 1. The van der Waals surface area contributed by atoms with Crippen molar-refractivity contribution in [3.05, 3.63) is 29.8 Å². The molecule has 1 aromatic rings. The van der Waals surface area contributed by atoms with Crippen molar-refractivity contribution in [3.63, 3.8) is 0 Å². The number of halogens is 1. The van der Waals surface area contributed by atoms with Gasteiger partial charge in [-0.2, -0.15) is 0 Å². The first-order valence-corrected chi connectivity index (χ1v) is 2.30. The summed E-state index contributed by atoms with van der Waals surface area (Å²) in [5, 5.41) is 0. The van der Waals surface area contributed by atoms with E-state index in [1.807, 2.05) is 0 Å². The SMILES string of the molecule is Cc1ccc(F)[c-]n1.[Re]. The molecule has 0 fully saturated rings. The Hall–Kier alpha value is -0.258. The molecule has 1 aromatic heterocycles. The first kappa shape index (κ1) is 8.74. The zero-order chi connectivity index (χ0) is 5.98. The molecule has 9 heavy (non-hydrogen) atoms. The standard InChI is InChI=1S/C6H5FN.Re/c1-5-2-3-6(7)4-8-5;/h2-3H,1H3;/q-1;. The van der Waals surface area contributed by atoms with Crippen LogP contribution in [-0.2, 0) is 20.4 Å². The molecule has 0 aliphatic heterocycles. The average molecular weight is 296 g/mol. The first-order valence-electron chi connectivity index (χ1n) is 2.30. The van der Waals surface area contributed by atoms with Gasteiger partial charge in [0.05, 0.1) is 0 Å². The van der Waals surface area contributed by atoms with Crippen LogP contribution in [0.3, 0.4) is 0 Å². The summed E-state index contributed by atoms with van der Waals surface area (Å²) < 4.78 is 12.0. The quantitative estimate of drug-likeness (QED) is 0.658. The largest absolute Gasteiger partial charge is 0.388 e. The Labute approximate surface area is 67.0 Å². The Kier molecular flexibility index (Phi) is 3.60.